The van der Waals surface area contributed by atoms with Crippen molar-refractivity contribution in [2.75, 3.05) is 37.6 Å². The van der Waals surface area contributed by atoms with E-state index >= 15 is 0 Å². The van der Waals surface area contributed by atoms with Gasteiger partial charge in [0.2, 0.25) is 11.8 Å². The number of benzene rings is 1. The summed E-state index contributed by atoms with van der Waals surface area (Å²) in [4.78, 5) is 37.9. The predicted octanol–water partition coefficient (Wildman–Crippen LogP) is 2.96. The van der Waals surface area contributed by atoms with E-state index in [4.69, 9.17) is 0 Å². The normalized spacial score (nSPS) is 17.8. The lowest BCUT2D eigenvalue weighted by Gasteiger charge is -2.32. The van der Waals surface area contributed by atoms with Crippen molar-refractivity contribution in [2.45, 2.75) is 38.3 Å². The van der Waals surface area contributed by atoms with Crippen LogP contribution in [0.25, 0.3) is 0 Å². The van der Waals surface area contributed by atoms with Crippen molar-refractivity contribution in [1.29, 1.82) is 0 Å². The molecule has 0 aliphatic carbocycles. The van der Waals surface area contributed by atoms with Gasteiger partial charge in [0.15, 0.2) is 0 Å². The number of hydrogen-bond acceptors (Lipinski definition) is 5. The summed E-state index contributed by atoms with van der Waals surface area (Å²) in [6, 6.07) is 2.52. The Morgan fingerprint density at radius 2 is 1.94 bits per heavy atom. The van der Waals surface area contributed by atoms with Crippen LogP contribution in [0.1, 0.15) is 37.7 Å². The number of anilines is 1. The number of rotatable bonds is 7. The molecule has 2 amide bonds. The minimum atomic E-state index is -4.66. The number of piperidine rings is 1. The molecular weight excluding hydrogens is 417 g/mol. The molecule has 0 radical (unpaired) electrons. The molecule has 2 aliphatic rings. The van der Waals surface area contributed by atoms with Crippen LogP contribution in [0.15, 0.2) is 18.2 Å². The third-order valence-corrected chi connectivity index (χ3v) is 5.78. The minimum Gasteiger partial charge on any atom is -0.366 e. The average molecular weight is 442 g/mol. The van der Waals surface area contributed by atoms with Crippen LogP contribution in [-0.4, -0.2) is 54.4 Å². The van der Waals surface area contributed by atoms with Gasteiger partial charge in [0.05, 0.1) is 10.5 Å². The van der Waals surface area contributed by atoms with E-state index < -0.39 is 22.4 Å². The van der Waals surface area contributed by atoms with Crippen molar-refractivity contribution in [3.05, 3.63) is 33.9 Å². The number of hydrogen-bond donors (Lipinski definition) is 1. The lowest BCUT2D eigenvalue weighted by Crippen LogP contribution is -2.41. The number of carbonyl (C=O) groups is 2. The fourth-order valence-electron chi connectivity index (χ4n) is 4.06. The number of alkyl halides is 3. The van der Waals surface area contributed by atoms with Crippen molar-refractivity contribution < 1.29 is 27.7 Å². The van der Waals surface area contributed by atoms with Gasteiger partial charge in [-0.15, -0.1) is 0 Å². The molecule has 8 nitrogen and oxygen atoms in total. The van der Waals surface area contributed by atoms with Crippen LogP contribution in [0.5, 0.6) is 0 Å². The topological polar surface area (TPSA) is 95.8 Å². The number of amides is 2. The maximum absolute atomic E-state index is 12.9. The summed E-state index contributed by atoms with van der Waals surface area (Å²) in [5.41, 5.74) is -1.52. The summed E-state index contributed by atoms with van der Waals surface area (Å²) < 4.78 is 38.6. The third kappa shape index (κ3) is 5.65. The Kier molecular flexibility index (Phi) is 7.01. The zero-order chi connectivity index (χ0) is 22.6. The van der Waals surface area contributed by atoms with Gasteiger partial charge in [0.1, 0.15) is 5.69 Å². The smallest absolute Gasteiger partial charge is 0.366 e. The molecule has 1 aromatic rings. The second-order valence-electron chi connectivity index (χ2n) is 7.85. The molecule has 0 atom stereocenters. The monoisotopic (exact) mass is 442 g/mol. The van der Waals surface area contributed by atoms with Crippen molar-refractivity contribution in [1.82, 2.24) is 10.2 Å². The Morgan fingerprint density at radius 3 is 2.52 bits per heavy atom. The second kappa shape index (κ2) is 9.52. The molecule has 0 bridgehead atoms. The lowest BCUT2D eigenvalue weighted by molar-refractivity contribution is -0.384. The number of nitro groups is 1. The first kappa shape index (κ1) is 22.8. The Balaban J connectivity index is 1.50. The maximum Gasteiger partial charge on any atom is 0.416 e. The highest BCUT2D eigenvalue weighted by Crippen LogP contribution is 2.37. The summed E-state index contributed by atoms with van der Waals surface area (Å²) in [5.74, 6) is -0.205. The van der Waals surface area contributed by atoms with Crippen LogP contribution in [0.2, 0.25) is 0 Å². The van der Waals surface area contributed by atoms with Crippen LogP contribution >= 0.6 is 0 Å². The van der Waals surface area contributed by atoms with Crippen LogP contribution in [0, 0.1) is 16.0 Å². The molecular formula is C20H25F3N4O4. The van der Waals surface area contributed by atoms with Crippen LogP contribution in [0.3, 0.4) is 0 Å². The highest BCUT2D eigenvalue weighted by atomic mass is 19.4. The molecule has 0 unspecified atom stereocenters. The van der Waals surface area contributed by atoms with Crippen molar-refractivity contribution in [2.24, 2.45) is 5.92 Å². The zero-order valence-electron chi connectivity index (χ0n) is 17.0. The van der Waals surface area contributed by atoms with Gasteiger partial charge in [0.25, 0.3) is 5.69 Å². The lowest BCUT2D eigenvalue weighted by atomic mass is 9.95. The number of nitrogens with zero attached hydrogens (tertiary/aromatic N) is 3. The molecule has 2 saturated heterocycles. The molecule has 2 fully saturated rings. The van der Waals surface area contributed by atoms with Crippen molar-refractivity contribution in [3.63, 3.8) is 0 Å². The summed E-state index contributed by atoms with van der Waals surface area (Å²) in [5, 5.41) is 14.2. The molecule has 0 saturated carbocycles. The summed E-state index contributed by atoms with van der Waals surface area (Å²) in [6.45, 7) is 2.53. The van der Waals surface area contributed by atoms with E-state index in [0.717, 1.165) is 25.1 Å². The predicted molar refractivity (Wildman–Crippen MR) is 106 cm³/mol. The Morgan fingerprint density at radius 1 is 1.23 bits per heavy atom. The molecule has 2 aliphatic heterocycles. The van der Waals surface area contributed by atoms with E-state index in [2.05, 4.69) is 5.32 Å². The first-order valence-electron chi connectivity index (χ1n) is 10.3. The fraction of sp³-hybridized carbons (Fsp3) is 0.600. The third-order valence-electron chi connectivity index (χ3n) is 5.78. The molecule has 1 N–H and O–H groups in total. The van der Waals surface area contributed by atoms with Crippen LogP contribution in [-0.2, 0) is 15.8 Å². The first-order chi connectivity index (χ1) is 14.7. The highest BCUT2D eigenvalue weighted by molar-refractivity contribution is 5.79. The maximum atomic E-state index is 12.9. The zero-order valence-corrected chi connectivity index (χ0v) is 17.0. The summed E-state index contributed by atoms with van der Waals surface area (Å²) in [7, 11) is 0. The van der Waals surface area contributed by atoms with Crippen molar-refractivity contribution in [3.8, 4) is 0 Å². The van der Waals surface area contributed by atoms with Gasteiger partial charge in [-0.1, -0.05) is 0 Å². The van der Waals surface area contributed by atoms with E-state index in [1.54, 1.807) is 9.80 Å². The average Bonchev–Trinajstić information content (AvgIpc) is 3.14. The minimum absolute atomic E-state index is 0.102. The molecule has 0 aromatic heterocycles. The van der Waals surface area contributed by atoms with Crippen LogP contribution in [0.4, 0.5) is 24.5 Å². The van der Waals surface area contributed by atoms with Gasteiger partial charge in [-0.25, -0.2) is 0 Å². The van der Waals surface area contributed by atoms with Gasteiger partial charge in [-0.3, -0.25) is 19.7 Å². The number of halogens is 3. The van der Waals surface area contributed by atoms with E-state index in [1.807, 2.05) is 0 Å². The quantitative estimate of drug-likeness (QED) is 0.398. The first-order valence-corrected chi connectivity index (χ1v) is 10.3. The molecule has 31 heavy (non-hydrogen) atoms. The van der Waals surface area contributed by atoms with E-state index in [1.165, 1.54) is 0 Å². The number of nitro benzene ring substituents is 1. The molecule has 0 spiro atoms. The summed E-state index contributed by atoms with van der Waals surface area (Å²) in [6.07, 6.45) is -1.61. The molecule has 11 heteroatoms. The number of likely N-dealkylation sites (tertiary alicyclic amines) is 1. The van der Waals surface area contributed by atoms with E-state index in [-0.39, 0.29) is 23.4 Å². The molecule has 1 aromatic carbocycles. The Labute approximate surface area is 177 Å². The van der Waals surface area contributed by atoms with Gasteiger partial charge < -0.3 is 15.1 Å². The van der Waals surface area contributed by atoms with Gasteiger partial charge in [-0.2, -0.15) is 13.2 Å². The van der Waals surface area contributed by atoms with Gasteiger partial charge in [0, 0.05) is 51.1 Å². The number of nitrogens with one attached hydrogen (secondary N) is 1. The Hall–Kier alpha value is -2.85. The summed E-state index contributed by atoms with van der Waals surface area (Å²) >= 11 is 0. The molecule has 2 heterocycles. The van der Waals surface area contributed by atoms with E-state index in [0.29, 0.717) is 57.9 Å². The number of carbonyl (C=O) groups excluding carboxylic acids is 2. The van der Waals surface area contributed by atoms with Crippen LogP contribution < -0.4 is 10.2 Å². The fourth-order valence-corrected chi connectivity index (χ4v) is 4.06. The van der Waals surface area contributed by atoms with Crippen molar-refractivity contribution >= 4 is 23.2 Å². The van der Waals surface area contributed by atoms with Gasteiger partial charge in [-0.05, 0) is 37.8 Å². The van der Waals surface area contributed by atoms with Gasteiger partial charge >= 0.3 is 6.18 Å². The van der Waals surface area contributed by atoms with E-state index in [9.17, 15) is 32.9 Å². The molecule has 170 valence electrons. The second-order valence-corrected chi connectivity index (χ2v) is 7.85. The standard InChI is InChI=1S/C20H25F3N4O4/c21-20(22,23)15-4-5-16(17(13-15)27(30)31)25-11-6-14(7-12-25)19(29)24-8-2-10-26-9-1-3-18(26)28/h4-5,13-14H,1-3,6-12H2,(H,24,29). The Bertz CT molecular complexity index is 838. The largest absolute Gasteiger partial charge is 0.416 e. The molecule has 3 rings (SSSR count). The highest BCUT2D eigenvalue weighted by Gasteiger charge is 2.35. The SMILES string of the molecule is O=C(NCCCN1CCCC1=O)C1CCN(c2ccc(C(F)(F)F)cc2[N+](=O)[O-])CC1.